The van der Waals surface area contributed by atoms with E-state index in [4.69, 9.17) is 14.2 Å². The van der Waals surface area contributed by atoms with Gasteiger partial charge in [-0.05, 0) is 18.6 Å². The number of rotatable bonds is 6. The molecule has 1 heterocycles. The van der Waals surface area contributed by atoms with E-state index in [0.717, 1.165) is 6.42 Å². The van der Waals surface area contributed by atoms with E-state index < -0.39 is 23.2 Å². The van der Waals surface area contributed by atoms with Crippen molar-refractivity contribution in [2.75, 3.05) is 20.3 Å². The normalized spacial score (nSPS) is 14.9. The van der Waals surface area contributed by atoms with Gasteiger partial charge in [0.05, 0.1) is 38.1 Å². The summed E-state index contributed by atoms with van der Waals surface area (Å²) in [5, 5.41) is 11.2. The van der Waals surface area contributed by atoms with Crippen molar-refractivity contribution in [3.8, 4) is 5.75 Å². The quantitative estimate of drug-likeness (QED) is 0.334. The van der Waals surface area contributed by atoms with Crippen molar-refractivity contribution >= 4 is 17.6 Å². The summed E-state index contributed by atoms with van der Waals surface area (Å²) in [4.78, 5) is 33.2. The Morgan fingerprint density at radius 3 is 2.54 bits per heavy atom. The topological polar surface area (TPSA) is 114 Å². The highest BCUT2D eigenvalue weighted by molar-refractivity contribution is 5.79. The molecule has 9 heteroatoms. The lowest BCUT2D eigenvalue weighted by Crippen LogP contribution is -2.18. The van der Waals surface area contributed by atoms with Gasteiger partial charge in [0, 0.05) is 11.6 Å². The Morgan fingerprint density at radius 1 is 1.25 bits per heavy atom. The first-order chi connectivity index (χ1) is 11.5. The number of methoxy groups -OCH3 is 1. The molecule has 0 spiro atoms. The number of benzene rings is 1. The summed E-state index contributed by atoms with van der Waals surface area (Å²) in [5.74, 6) is -1.53. The lowest BCUT2D eigenvalue weighted by atomic mass is 10.1. The van der Waals surface area contributed by atoms with Crippen LogP contribution in [0.15, 0.2) is 18.2 Å². The molecule has 1 aliphatic heterocycles. The third-order valence-corrected chi connectivity index (χ3v) is 3.26. The SMILES string of the molecule is COC(=O)CCC(=O)Oc1ccc(C2OCCCO2)cc1[N+](=O)[O-]. The molecule has 1 fully saturated rings. The second-order valence-corrected chi connectivity index (χ2v) is 4.96. The predicted molar refractivity (Wildman–Crippen MR) is 79.2 cm³/mol. The molecule has 0 radical (unpaired) electrons. The molecule has 9 nitrogen and oxygen atoms in total. The lowest BCUT2D eigenvalue weighted by Gasteiger charge is -2.23. The van der Waals surface area contributed by atoms with Crippen molar-refractivity contribution in [1.82, 2.24) is 0 Å². The number of nitro groups is 1. The van der Waals surface area contributed by atoms with Crippen molar-refractivity contribution in [2.45, 2.75) is 25.6 Å². The van der Waals surface area contributed by atoms with Gasteiger partial charge in [0.15, 0.2) is 6.29 Å². The monoisotopic (exact) mass is 339 g/mol. The summed E-state index contributed by atoms with van der Waals surface area (Å²) in [6, 6.07) is 4.09. The molecule has 2 rings (SSSR count). The molecule has 0 amide bonds. The van der Waals surface area contributed by atoms with Crippen molar-refractivity contribution in [3.63, 3.8) is 0 Å². The van der Waals surface area contributed by atoms with Gasteiger partial charge in [-0.25, -0.2) is 0 Å². The maximum absolute atomic E-state index is 11.7. The number of carbonyl (C=O) groups excluding carboxylic acids is 2. The molecule has 0 atom stereocenters. The van der Waals surface area contributed by atoms with Gasteiger partial charge in [-0.3, -0.25) is 19.7 Å². The third kappa shape index (κ3) is 4.74. The molecular weight excluding hydrogens is 322 g/mol. The van der Waals surface area contributed by atoms with Gasteiger partial charge in [0.1, 0.15) is 0 Å². The number of esters is 2. The molecule has 0 N–H and O–H groups in total. The van der Waals surface area contributed by atoms with Crippen LogP contribution in [-0.4, -0.2) is 37.2 Å². The van der Waals surface area contributed by atoms with Gasteiger partial charge in [0.25, 0.3) is 0 Å². The van der Waals surface area contributed by atoms with E-state index in [0.29, 0.717) is 18.8 Å². The minimum atomic E-state index is -0.763. The summed E-state index contributed by atoms with van der Waals surface area (Å²) in [6.07, 6.45) is -0.318. The van der Waals surface area contributed by atoms with Crippen molar-refractivity contribution in [3.05, 3.63) is 33.9 Å². The highest BCUT2D eigenvalue weighted by atomic mass is 16.7. The van der Waals surface area contributed by atoms with Crippen LogP contribution in [-0.2, 0) is 23.8 Å². The first-order valence-electron chi connectivity index (χ1n) is 7.30. The summed E-state index contributed by atoms with van der Waals surface area (Å²) in [6.45, 7) is 1.01. The van der Waals surface area contributed by atoms with Crippen LogP contribution in [0, 0.1) is 10.1 Å². The van der Waals surface area contributed by atoms with Crippen molar-refractivity contribution in [2.24, 2.45) is 0 Å². The van der Waals surface area contributed by atoms with Crippen LogP contribution in [0.4, 0.5) is 5.69 Å². The van der Waals surface area contributed by atoms with Gasteiger partial charge in [-0.2, -0.15) is 0 Å². The molecule has 0 unspecified atom stereocenters. The van der Waals surface area contributed by atoms with E-state index in [1.54, 1.807) is 0 Å². The fourth-order valence-corrected chi connectivity index (χ4v) is 2.07. The summed E-state index contributed by atoms with van der Waals surface area (Å²) < 4.78 is 20.2. The minimum absolute atomic E-state index is 0.162. The standard InChI is InChI=1S/C15H17NO8/c1-21-13(17)5-6-14(18)24-12-4-3-10(9-11(12)16(19)20)15-22-7-2-8-23-15/h3-4,9,15H,2,5-8H2,1H3. The number of hydrogen-bond acceptors (Lipinski definition) is 8. The second kappa shape index (κ2) is 8.37. The van der Waals surface area contributed by atoms with Gasteiger partial charge in [0.2, 0.25) is 5.75 Å². The van der Waals surface area contributed by atoms with Crippen LogP contribution in [0.3, 0.4) is 0 Å². The number of hydrogen-bond donors (Lipinski definition) is 0. The molecule has 1 aromatic carbocycles. The molecule has 130 valence electrons. The van der Waals surface area contributed by atoms with Crippen LogP contribution in [0.5, 0.6) is 5.75 Å². The molecule has 0 aromatic heterocycles. The van der Waals surface area contributed by atoms with E-state index in [1.807, 2.05) is 0 Å². The molecule has 1 aliphatic rings. The zero-order valence-electron chi connectivity index (χ0n) is 13.1. The molecule has 1 aromatic rings. The van der Waals surface area contributed by atoms with E-state index in [2.05, 4.69) is 4.74 Å². The first kappa shape index (κ1) is 17.8. The highest BCUT2D eigenvalue weighted by Crippen LogP contribution is 2.33. The molecule has 0 aliphatic carbocycles. The van der Waals surface area contributed by atoms with E-state index in [1.165, 1.54) is 25.3 Å². The van der Waals surface area contributed by atoms with Crippen molar-refractivity contribution < 1.29 is 33.5 Å². The summed E-state index contributed by atoms with van der Waals surface area (Å²) >= 11 is 0. The largest absolute Gasteiger partial charge is 0.469 e. The highest BCUT2D eigenvalue weighted by Gasteiger charge is 2.24. The second-order valence-electron chi connectivity index (χ2n) is 4.96. The molecule has 24 heavy (non-hydrogen) atoms. The van der Waals surface area contributed by atoms with Gasteiger partial charge in [-0.15, -0.1) is 0 Å². The lowest BCUT2D eigenvalue weighted by molar-refractivity contribution is -0.385. The fourth-order valence-electron chi connectivity index (χ4n) is 2.07. The Hall–Kier alpha value is -2.52. The Labute approximate surface area is 137 Å². The fraction of sp³-hybridized carbons (Fsp3) is 0.467. The molecule has 0 bridgehead atoms. The van der Waals surface area contributed by atoms with E-state index in [-0.39, 0.29) is 24.3 Å². The summed E-state index contributed by atoms with van der Waals surface area (Å²) in [7, 11) is 1.20. The maximum Gasteiger partial charge on any atom is 0.312 e. The summed E-state index contributed by atoms with van der Waals surface area (Å²) in [5.41, 5.74) is 0.0902. The minimum Gasteiger partial charge on any atom is -0.469 e. The van der Waals surface area contributed by atoms with Crippen LogP contribution < -0.4 is 4.74 Å². The predicted octanol–water partition coefficient (Wildman–Crippen LogP) is 1.89. The molecule has 1 saturated heterocycles. The molecule has 0 saturated carbocycles. The van der Waals surface area contributed by atoms with E-state index >= 15 is 0 Å². The third-order valence-electron chi connectivity index (χ3n) is 3.26. The van der Waals surface area contributed by atoms with Gasteiger partial charge in [-0.1, -0.05) is 0 Å². The average molecular weight is 339 g/mol. The van der Waals surface area contributed by atoms with E-state index in [9.17, 15) is 19.7 Å². The number of nitro benzene ring substituents is 1. The zero-order chi connectivity index (χ0) is 17.5. The van der Waals surface area contributed by atoms with Crippen LogP contribution in [0.2, 0.25) is 0 Å². The van der Waals surface area contributed by atoms with Crippen LogP contribution in [0.1, 0.15) is 31.1 Å². The number of nitrogens with zero attached hydrogens (tertiary/aromatic N) is 1. The number of ether oxygens (including phenoxy) is 4. The van der Waals surface area contributed by atoms with Crippen LogP contribution >= 0.6 is 0 Å². The van der Waals surface area contributed by atoms with Crippen molar-refractivity contribution in [1.29, 1.82) is 0 Å². The smallest absolute Gasteiger partial charge is 0.312 e. The average Bonchev–Trinajstić information content (AvgIpc) is 2.60. The Kier molecular flexibility index (Phi) is 6.21. The van der Waals surface area contributed by atoms with Gasteiger partial charge >= 0.3 is 17.6 Å². The first-order valence-corrected chi connectivity index (χ1v) is 7.30. The maximum atomic E-state index is 11.7. The zero-order valence-corrected chi connectivity index (χ0v) is 13.1. The van der Waals surface area contributed by atoms with Crippen LogP contribution in [0.25, 0.3) is 0 Å². The Bertz CT molecular complexity index is 624. The molecular formula is C15H17NO8. The number of carbonyl (C=O) groups is 2. The van der Waals surface area contributed by atoms with Gasteiger partial charge < -0.3 is 18.9 Å². The Morgan fingerprint density at radius 2 is 1.92 bits per heavy atom. The Balaban J connectivity index is 2.10.